The van der Waals surface area contributed by atoms with Gasteiger partial charge in [0.05, 0.1) is 22.6 Å². The van der Waals surface area contributed by atoms with E-state index in [4.69, 9.17) is 10.7 Å². The molecule has 1 aliphatic carbocycles. The Labute approximate surface area is 257 Å². The van der Waals surface area contributed by atoms with Gasteiger partial charge in [0.1, 0.15) is 0 Å². The molecule has 0 unspecified atom stereocenters. The first-order chi connectivity index (χ1) is 20.5. The van der Waals surface area contributed by atoms with Crippen LogP contribution in [0.15, 0.2) is 42.0 Å². The third kappa shape index (κ3) is 8.65. The zero-order chi connectivity index (χ0) is 31.7. The minimum Gasteiger partial charge on any atom is -0.373 e. The smallest absolute Gasteiger partial charge is 0.252 e. The molecule has 0 spiro atoms. The molecule has 8 heteroatoms. The summed E-state index contributed by atoms with van der Waals surface area (Å²) in [5.74, 6) is -1.57. The predicted molar refractivity (Wildman–Crippen MR) is 178 cm³/mol. The van der Waals surface area contributed by atoms with Crippen molar-refractivity contribution in [3.05, 3.63) is 53.7 Å². The molecular weight excluding hydrogens is 544 g/mol. The van der Waals surface area contributed by atoms with Crippen molar-refractivity contribution in [3.8, 4) is 11.1 Å². The summed E-state index contributed by atoms with van der Waals surface area (Å²) in [5.41, 5.74) is 13.6. The van der Waals surface area contributed by atoms with Crippen molar-refractivity contribution in [1.29, 1.82) is 0 Å². The maximum atomic E-state index is 12.7. The van der Waals surface area contributed by atoms with Crippen LogP contribution in [0.2, 0.25) is 0 Å². The van der Waals surface area contributed by atoms with Gasteiger partial charge in [-0.05, 0) is 97.5 Å². The van der Waals surface area contributed by atoms with E-state index in [0.717, 1.165) is 66.1 Å². The predicted octanol–water partition coefficient (Wildman–Crippen LogP) is 8.29. The first-order valence-electron chi connectivity index (χ1n) is 15.7. The van der Waals surface area contributed by atoms with Gasteiger partial charge in [0, 0.05) is 39.2 Å². The Bertz CT molecular complexity index is 1280. The second-order valence-electron chi connectivity index (χ2n) is 12.2. The molecular formula is C35H51F2N5O. The summed E-state index contributed by atoms with van der Waals surface area (Å²) >= 11 is 0. The second-order valence-corrected chi connectivity index (χ2v) is 12.2. The highest BCUT2D eigenvalue weighted by Gasteiger charge is 2.33. The number of aliphatic imine (C=N–C) groups is 1. The van der Waals surface area contributed by atoms with E-state index in [2.05, 4.69) is 73.4 Å². The number of rotatable bonds is 11. The van der Waals surface area contributed by atoms with Gasteiger partial charge in [0.15, 0.2) is 0 Å². The van der Waals surface area contributed by atoms with Crippen molar-refractivity contribution in [3.63, 3.8) is 0 Å². The van der Waals surface area contributed by atoms with Crippen molar-refractivity contribution in [2.45, 2.75) is 84.5 Å². The molecule has 1 heterocycles. The fraction of sp³-hybridized carbons (Fsp3) is 0.543. The van der Waals surface area contributed by atoms with Crippen molar-refractivity contribution in [2.75, 3.05) is 37.4 Å². The number of likely N-dealkylation sites (N-methyl/N-ethyl adjacent to an activating group) is 2. The fourth-order valence-corrected chi connectivity index (χ4v) is 5.82. The lowest BCUT2D eigenvalue weighted by atomic mass is 9.84. The lowest BCUT2D eigenvalue weighted by Crippen LogP contribution is -2.30. The molecule has 6 nitrogen and oxygen atoms in total. The molecule has 43 heavy (non-hydrogen) atoms. The molecule has 2 aliphatic rings. The summed E-state index contributed by atoms with van der Waals surface area (Å²) in [6.45, 7) is 14.0. The summed E-state index contributed by atoms with van der Waals surface area (Å²) < 4.78 is 24.8. The molecule has 236 valence electrons. The monoisotopic (exact) mass is 595 g/mol. The molecule has 4 rings (SSSR count). The number of nitrogens with one attached hydrogen (secondary N) is 2. The Hall–Kier alpha value is -3.26. The SMILES string of the molecule is C=CNc1c(C(N)=O)c(N(C)CCNC)cc(-c2ccc3c(c2)N=C[C@@H](CC)C3)c1[C@H](C)CC.CC1CCC(F)(F)CC1. The first kappa shape index (κ1) is 34.2. The van der Waals surface area contributed by atoms with E-state index in [0.29, 0.717) is 30.2 Å². The Morgan fingerprint density at radius 3 is 2.51 bits per heavy atom. The number of primary amides is 1. The molecule has 2 aromatic carbocycles. The van der Waals surface area contributed by atoms with E-state index in [1.165, 1.54) is 5.56 Å². The number of hydrogen-bond acceptors (Lipinski definition) is 5. The maximum absolute atomic E-state index is 12.7. The third-order valence-corrected chi connectivity index (χ3v) is 8.89. The fourth-order valence-electron chi connectivity index (χ4n) is 5.82. The van der Waals surface area contributed by atoms with Crippen LogP contribution in [-0.4, -0.2) is 45.2 Å². The minimum atomic E-state index is -2.34. The maximum Gasteiger partial charge on any atom is 0.252 e. The molecule has 0 saturated heterocycles. The number of alkyl halides is 2. The molecule has 1 fully saturated rings. The van der Waals surface area contributed by atoms with E-state index in [1.54, 1.807) is 6.20 Å². The van der Waals surface area contributed by atoms with Crippen LogP contribution in [0.3, 0.4) is 0 Å². The van der Waals surface area contributed by atoms with Gasteiger partial charge in [0.25, 0.3) is 5.91 Å². The van der Waals surface area contributed by atoms with E-state index in [-0.39, 0.29) is 18.8 Å². The molecule has 0 aromatic heterocycles. The molecule has 4 N–H and O–H groups in total. The Morgan fingerprint density at radius 2 is 1.95 bits per heavy atom. The number of benzene rings is 2. The standard InChI is InChI=1S/C28H39N5O.C7H12F2/c1-7-18(4)25-22(20-10-11-21-14-19(8-2)17-32-23(21)15-20)16-24(33(6)13-12-30-5)26(28(29)34)27(25)31-9-3;1-6-2-4-7(8,9)5-3-6/h9-11,15-19,30-31H,3,7-8,12-14H2,1-2,4-6H3,(H2,29,34);6H,2-5H2,1H3/t18-,19+;/m1./s1. The largest absolute Gasteiger partial charge is 0.373 e. The highest BCUT2D eigenvalue weighted by Crippen LogP contribution is 2.44. The highest BCUT2D eigenvalue weighted by molar-refractivity contribution is 6.07. The number of nitrogens with two attached hydrogens (primary N) is 1. The number of carbonyl (C=O) groups is 1. The molecule has 0 radical (unpaired) electrons. The minimum absolute atomic E-state index is 0.105. The molecule has 1 aliphatic heterocycles. The molecule has 2 aromatic rings. The van der Waals surface area contributed by atoms with Gasteiger partial charge >= 0.3 is 0 Å². The normalized spacial score (nSPS) is 18.2. The van der Waals surface area contributed by atoms with Gasteiger partial charge < -0.3 is 21.3 Å². The molecule has 1 amide bonds. The van der Waals surface area contributed by atoms with E-state index < -0.39 is 11.8 Å². The first-order valence-corrected chi connectivity index (χ1v) is 15.7. The average Bonchev–Trinajstić information content (AvgIpc) is 3.00. The average molecular weight is 596 g/mol. The Balaban J connectivity index is 0.000000480. The zero-order valence-corrected chi connectivity index (χ0v) is 26.9. The van der Waals surface area contributed by atoms with E-state index in [1.807, 2.05) is 21.0 Å². The van der Waals surface area contributed by atoms with E-state index in [9.17, 15) is 13.6 Å². The van der Waals surface area contributed by atoms with Crippen LogP contribution >= 0.6 is 0 Å². The molecule has 2 atom stereocenters. The summed E-state index contributed by atoms with van der Waals surface area (Å²) in [6, 6.07) is 8.69. The summed E-state index contributed by atoms with van der Waals surface area (Å²) in [5, 5.41) is 6.45. The lowest BCUT2D eigenvalue weighted by molar-refractivity contribution is -0.0438. The van der Waals surface area contributed by atoms with Gasteiger partial charge in [0.2, 0.25) is 5.92 Å². The quantitative estimate of drug-likeness (QED) is 0.244. The van der Waals surface area contributed by atoms with Crippen LogP contribution in [0.1, 0.15) is 93.6 Å². The van der Waals surface area contributed by atoms with Crippen molar-refractivity contribution >= 4 is 29.2 Å². The Morgan fingerprint density at radius 1 is 1.26 bits per heavy atom. The van der Waals surface area contributed by atoms with Crippen molar-refractivity contribution < 1.29 is 13.6 Å². The van der Waals surface area contributed by atoms with Crippen molar-refractivity contribution in [2.24, 2.45) is 22.6 Å². The number of hydrogen-bond donors (Lipinski definition) is 3. The third-order valence-electron chi connectivity index (χ3n) is 8.89. The topological polar surface area (TPSA) is 82.8 Å². The molecule has 1 saturated carbocycles. The van der Waals surface area contributed by atoms with Gasteiger partial charge in [-0.15, -0.1) is 0 Å². The summed E-state index contributed by atoms with van der Waals surface area (Å²) in [4.78, 5) is 19.6. The second kappa shape index (κ2) is 15.5. The van der Waals surface area contributed by atoms with Crippen LogP contribution in [0.25, 0.3) is 11.1 Å². The highest BCUT2D eigenvalue weighted by atomic mass is 19.3. The van der Waals surface area contributed by atoms with Crippen LogP contribution in [0.4, 0.5) is 25.8 Å². The number of carbonyl (C=O) groups excluding carboxylic acids is 1. The summed E-state index contributed by atoms with van der Waals surface area (Å²) in [6.07, 6.45) is 8.36. The number of anilines is 2. The van der Waals surface area contributed by atoms with Crippen LogP contribution in [0, 0.1) is 11.8 Å². The number of amides is 1. The van der Waals surface area contributed by atoms with Gasteiger partial charge in [-0.3, -0.25) is 9.79 Å². The number of nitrogens with zero attached hydrogens (tertiary/aromatic N) is 2. The number of fused-ring (bicyclic) bond motifs is 1. The van der Waals surface area contributed by atoms with Crippen LogP contribution in [0.5, 0.6) is 0 Å². The van der Waals surface area contributed by atoms with Gasteiger partial charge in [-0.2, -0.15) is 0 Å². The van der Waals surface area contributed by atoms with Crippen molar-refractivity contribution in [1.82, 2.24) is 5.32 Å². The zero-order valence-electron chi connectivity index (χ0n) is 26.9. The lowest BCUT2D eigenvalue weighted by Gasteiger charge is -2.29. The molecule has 0 bridgehead atoms. The number of halogens is 2. The summed E-state index contributed by atoms with van der Waals surface area (Å²) in [7, 11) is 3.91. The van der Waals surface area contributed by atoms with E-state index >= 15 is 0 Å². The van der Waals surface area contributed by atoms with Gasteiger partial charge in [-0.25, -0.2) is 8.78 Å². The van der Waals surface area contributed by atoms with Crippen LogP contribution in [-0.2, 0) is 6.42 Å². The van der Waals surface area contributed by atoms with Gasteiger partial charge in [-0.1, -0.05) is 46.4 Å². The van der Waals surface area contributed by atoms with Crippen LogP contribution < -0.4 is 21.3 Å². The Kier molecular flexibility index (Phi) is 12.3.